The van der Waals surface area contributed by atoms with Crippen molar-refractivity contribution < 1.29 is 4.79 Å². The molecule has 1 saturated heterocycles. The molecule has 1 heterocycles. The van der Waals surface area contributed by atoms with Crippen LogP contribution in [0.25, 0.3) is 0 Å². The van der Waals surface area contributed by atoms with Crippen LogP contribution in [-0.4, -0.2) is 48.9 Å². The maximum Gasteiger partial charge on any atom is 0.223 e. The van der Waals surface area contributed by atoms with E-state index in [-0.39, 0.29) is 5.91 Å². The molecule has 0 aromatic rings. The maximum absolute atomic E-state index is 11.5. The van der Waals surface area contributed by atoms with Crippen molar-refractivity contribution in [3.05, 3.63) is 0 Å². The lowest BCUT2D eigenvalue weighted by Crippen LogP contribution is -2.47. The Morgan fingerprint density at radius 2 is 2.00 bits per heavy atom. The van der Waals surface area contributed by atoms with Gasteiger partial charge in [-0.25, -0.2) is 0 Å². The topological polar surface area (TPSA) is 23.6 Å². The molecule has 0 atom stereocenters. The molecule has 0 aromatic carbocycles. The molecular weight excluding hydrogens is 164 g/mol. The Kier molecular flexibility index (Phi) is 3.78. The molecule has 72 valence electrons. The smallest absolute Gasteiger partial charge is 0.223 e. The Labute approximate surface area is 79.7 Å². The summed E-state index contributed by atoms with van der Waals surface area (Å²) >= 11 is 0. The molecule has 1 aliphatic heterocycles. The van der Waals surface area contributed by atoms with Crippen molar-refractivity contribution in [1.82, 2.24) is 9.80 Å². The SMILES string of the molecule is C#CCCC(=O)N1CCN(C)CC1. The number of hydrogen-bond donors (Lipinski definition) is 0. The van der Waals surface area contributed by atoms with Crippen LogP contribution in [0.2, 0.25) is 0 Å². The predicted octanol–water partition coefficient (Wildman–Crippen LogP) is 0.174. The molecule has 3 nitrogen and oxygen atoms in total. The summed E-state index contributed by atoms with van der Waals surface area (Å²) in [4.78, 5) is 15.6. The average Bonchev–Trinajstić information content (AvgIpc) is 2.15. The second kappa shape index (κ2) is 4.88. The van der Waals surface area contributed by atoms with Gasteiger partial charge in [0.25, 0.3) is 0 Å². The molecule has 0 aromatic heterocycles. The van der Waals surface area contributed by atoms with Gasteiger partial charge < -0.3 is 9.80 Å². The predicted molar refractivity (Wildman–Crippen MR) is 52.1 cm³/mol. The van der Waals surface area contributed by atoms with E-state index in [1.165, 1.54) is 0 Å². The molecule has 0 saturated carbocycles. The standard InChI is InChI=1S/C10H16N2O/c1-3-4-5-10(13)12-8-6-11(2)7-9-12/h1H,4-9H2,2H3. The van der Waals surface area contributed by atoms with E-state index in [4.69, 9.17) is 6.42 Å². The van der Waals surface area contributed by atoms with Crippen molar-refractivity contribution in [1.29, 1.82) is 0 Å². The Hall–Kier alpha value is -1.01. The van der Waals surface area contributed by atoms with Gasteiger partial charge in [0.1, 0.15) is 0 Å². The zero-order chi connectivity index (χ0) is 9.68. The quantitative estimate of drug-likeness (QED) is 0.566. The molecule has 1 aliphatic rings. The minimum atomic E-state index is 0.200. The van der Waals surface area contributed by atoms with E-state index in [9.17, 15) is 4.79 Å². The van der Waals surface area contributed by atoms with Crippen LogP contribution in [0.5, 0.6) is 0 Å². The number of hydrogen-bond acceptors (Lipinski definition) is 2. The van der Waals surface area contributed by atoms with E-state index in [0.717, 1.165) is 26.2 Å². The van der Waals surface area contributed by atoms with Gasteiger partial charge in [-0.15, -0.1) is 12.3 Å². The van der Waals surface area contributed by atoms with E-state index >= 15 is 0 Å². The highest BCUT2D eigenvalue weighted by atomic mass is 16.2. The molecule has 3 heteroatoms. The summed E-state index contributed by atoms with van der Waals surface area (Å²) in [6.07, 6.45) is 6.16. The molecule has 0 spiro atoms. The summed E-state index contributed by atoms with van der Waals surface area (Å²) in [5, 5.41) is 0. The van der Waals surface area contributed by atoms with Gasteiger partial charge in [0, 0.05) is 39.0 Å². The molecule has 0 bridgehead atoms. The zero-order valence-electron chi connectivity index (χ0n) is 8.12. The third-order valence-corrected chi connectivity index (χ3v) is 2.34. The lowest BCUT2D eigenvalue weighted by Gasteiger charge is -2.32. The first-order chi connectivity index (χ1) is 6.24. The van der Waals surface area contributed by atoms with Crippen LogP contribution in [0.4, 0.5) is 0 Å². The number of carbonyl (C=O) groups excluding carboxylic acids is 1. The third-order valence-electron chi connectivity index (χ3n) is 2.34. The summed E-state index contributed by atoms with van der Waals surface area (Å²) in [5.74, 6) is 2.69. The molecule has 1 rings (SSSR count). The average molecular weight is 180 g/mol. The first kappa shape index (κ1) is 10.1. The highest BCUT2D eigenvalue weighted by Crippen LogP contribution is 2.02. The Morgan fingerprint density at radius 1 is 1.38 bits per heavy atom. The lowest BCUT2D eigenvalue weighted by molar-refractivity contribution is -0.132. The zero-order valence-corrected chi connectivity index (χ0v) is 8.12. The monoisotopic (exact) mass is 180 g/mol. The summed E-state index contributed by atoms with van der Waals surface area (Å²) in [5.41, 5.74) is 0. The Morgan fingerprint density at radius 3 is 2.54 bits per heavy atom. The van der Waals surface area contributed by atoms with E-state index in [1.807, 2.05) is 4.90 Å². The summed E-state index contributed by atoms with van der Waals surface area (Å²) in [6, 6.07) is 0. The molecule has 0 aliphatic carbocycles. The lowest BCUT2D eigenvalue weighted by atomic mass is 10.2. The van der Waals surface area contributed by atoms with Crippen molar-refractivity contribution in [2.24, 2.45) is 0 Å². The number of rotatable bonds is 2. The van der Waals surface area contributed by atoms with Crippen LogP contribution in [0.1, 0.15) is 12.8 Å². The van der Waals surface area contributed by atoms with Gasteiger partial charge in [-0.3, -0.25) is 4.79 Å². The number of nitrogens with zero attached hydrogens (tertiary/aromatic N) is 2. The maximum atomic E-state index is 11.5. The van der Waals surface area contributed by atoms with E-state index in [1.54, 1.807) is 0 Å². The van der Waals surface area contributed by atoms with Gasteiger partial charge in [0.05, 0.1) is 0 Å². The van der Waals surface area contributed by atoms with Gasteiger partial charge in [-0.05, 0) is 7.05 Å². The van der Waals surface area contributed by atoms with Crippen LogP contribution in [0.3, 0.4) is 0 Å². The van der Waals surface area contributed by atoms with E-state index in [2.05, 4.69) is 17.9 Å². The fourth-order valence-corrected chi connectivity index (χ4v) is 1.39. The molecule has 13 heavy (non-hydrogen) atoms. The second-order valence-corrected chi connectivity index (χ2v) is 3.39. The minimum absolute atomic E-state index is 0.200. The molecule has 1 fully saturated rings. The molecule has 1 amide bonds. The van der Waals surface area contributed by atoms with E-state index in [0.29, 0.717) is 12.8 Å². The van der Waals surface area contributed by atoms with Gasteiger partial charge in [-0.1, -0.05) is 0 Å². The summed E-state index contributed by atoms with van der Waals surface area (Å²) < 4.78 is 0. The van der Waals surface area contributed by atoms with Crippen molar-refractivity contribution in [3.63, 3.8) is 0 Å². The summed E-state index contributed by atoms with van der Waals surface area (Å²) in [6.45, 7) is 3.64. The fourth-order valence-electron chi connectivity index (χ4n) is 1.39. The number of carbonyl (C=O) groups is 1. The normalized spacial score (nSPS) is 18.3. The van der Waals surface area contributed by atoms with Crippen molar-refractivity contribution in [3.8, 4) is 12.3 Å². The highest BCUT2D eigenvalue weighted by molar-refractivity contribution is 5.76. The fraction of sp³-hybridized carbons (Fsp3) is 0.700. The highest BCUT2D eigenvalue weighted by Gasteiger charge is 2.17. The minimum Gasteiger partial charge on any atom is -0.340 e. The number of likely N-dealkylation sites (N-methyl/N-ethyl adjacent to an activating group) is 1. The van der Waals surface area contributed by atoms with Crippen LogP contribution >= 0.6 is 0 Å². The van der Waals surface area contributed by atoms with Gasteiger partial charge in [0.15, 0.2) is 0 Å². The molecule has 0 radical (unpaired) electrons. The molecule has 0 unspecified atom stereocenters. The van der Waals surface area contributed by atoms with Crippen LogP contribution in [0.15, 0.2) is 0 Å². The molecule has 0 N–H and O–H groups in total. The van der Waals surface area contributed by atoms with E-state index < -0.39 is 0 Å². The number of terminal acetylenes is 1. The van der Waals surface area contributed by atoms with Gasteiger partial charge >= 0.3 is 0 Å². The first-order valence-corrected chi connectivity index (χ1v) is 4.64. The largest absolute Gasteiger partial charge is 0.340 e. The van der Waals surface area contributed by atoms with Crippen LogP contribution < -0.4 is 0 Å². The molecular formula is C10H16N2O. The second-order valence-electron chi connectivity index (χ2n) is 3.39. The Bertz CT molecular complexity index is 211. The van der Waals surface area contributed by atoms with Crippen LogP contribution in [0, 0.1) is 12.3 Å². The first-order valence-electron chi connectivity index (χ1n) is 4.64. The summed E-state index contributed by atoms with van der Waals surface area (Å²) in [7, 11) is 2.07. The van der Waals surface area contributed by atoms with Gasteiger partial charge in [0.2, 0.25) is 5.91 Å². The van der Waals surface area contributed by atoms with Crippen molar-refractivity contribution >= 4 is 5.91 Å². The Balaban J connectivity index is 2.28. The van der Waals surface area contributed by atoms with Gasteiger partial charge in [-0.2, -0.15) is 0 Å². The third kappa shape index (κ3) is 3.08. The van der Waals surface area contributed by atoms with Crippen molar-refractivity contribution in [2.75, 3.05) is 33.2 Å². The van der Waals surface area contributed by atoms with Crippen LogP contribution in [-0.2, 0) is 4.79 Å². The number of amides is 1. The number of piperazine rings is 1. The van der Waals surface area contributed by atoms with Crippen molar-refractivity contribution in [2.45, 2.75) is 12.8 Å².